The van der Waals surface area contributed by atoms with Crippen molar-refractivity contribution in [1.82, 2.24) is 0 Å². The molecule has 0 spiro atoms. The van der Waals surface area contributed by atoms with E-state index in [-0.39, 0.29) is 18.1 Å². The first kappa shape index (κ1) is 26.0. The second kappa shape index (κ2) is 9.86. The molecule has 9 atom stereocenters. The van der Waals surface area contributed by atoms with E-state index in [1.807, 2.05) is 6.92 Å². The summed E-state index contributed by atoms with van der Waals surface area (Å²) in [4.78, 5) is 25.6. The molecule has 0 bridgehead atoms. The molecule has 1 aliphatic heterocycles. The fraction of sp³-hybridized carbons (Fsp3) is 0.909. The number of carbonyl (C=O) groups excluding carboxylic acids is 2. The van der Waals surface area contributed by atoms with Crippen molar-refractivity contribution in [2.24, 2.45) is 23.7 Å². The van der Waals surface area contributed by atoms with Crippen LogP contribution in [0.4, 0.5) is 0 Å². The largest absolute Gasteiger partial charge is 0.459 e. The Morgan fingerprint density at radius 2 is 1.62 bits per heavy atom. The molecule has 3 N–H and O–H groups in total. The van der Waals surface area contributed by atoms with Crippen molar-refractivity contribution < 1.29 is 34.4 Å². The maximum Gasteiger partial charge on any atom is 0.309 e. The lowest BCUT2D eigenvalue weighted by Gasteiger charge is -2.42. The Labute approximate surface area is 174 Å². The van der Waals surface area contributed by atoms with Crippen LogP contribution in [0, 0.1) is 23.7 Å². The second-order valence-corrected chi connectivity index (χ2v) is 9.38. The number of methoxy groups -OCH3 is 1. The first-order valence-corrected chi connectivity index (χ1v) is 10.6. The summed E-state index contributed by atoms with van der Waals surface area (Å²) in [5, 5.41) is 32.7. The normalized spacial score (nSPS) is 46.1. The summed E-state index contributed by atoms with van der Waals surface area (Å²) in [7, 11) is 1.49. The molecule has 0 aromatic carbocycles. The number of Topliss-reactive ketones (excluding diaryl/α,β-unsaturated/α-hetero) is 1. The number of ketones is 1. The third-order valence-electron chi connectivity index (χ3n) is 6.76. The Balaban J connectivity index is 3.38. The van der Waals surface area contributed by atoms with E-state index in [0.29, 0.717) is 12.8 Å². The molecule has 1 fully saturated rings. The van der Waals surface area contributed by atoms with Crippen molar-refractivity contribution in [3.8, 4) is 0 Å². The number of rotatable bonds is 2. The Hall–Kier alpha value is -1.02. The number of aliphatic hydroxyl groups excluding tert-OH is 2. The molecule has 0 saturated carbocycles. The zero-order valence-electron chi connectivity index (χ0n) is 19.1. The van der Waals surface area contributed by atoms with E-state index in [9.17, 15) is 24.9 Å². The van der Waals surface area contributed by atoms with Gasteiger partial charge in [0, 0.05) is 18.9 Å². The number of hydrogen-bond donors (Lipinski definition) is 3. The van der Waals surface area contributed by atoms with Crippen LogP contribution >= 0.6 is 0 Å². The molecule has 0 radical (unpaired) electrons. The summed E-state index contributed by atoms with van der Waals surface area (Å²) < 4.78 is 11.2. The van der Waals surface area contributed by atoms with E-state index in [1.54, 1.807) is 34.6 Å². The van der Waals surface area contributed by atoms with Crippen molar-refractivity contribution in [3.63, 3.8) is 0 Å². The van der Waals surface area contributed by atoms with Crippen LogP contribution in [0.2, 0.25) is 0 Å². The molecule has 1 saturated heterocycles. The summed E-state index contributed by atoms with van der Waals surface area (Å²) in [5.41, 5.74) is -2.78. The van der Waals surface area contributed by atoms with Gasteiger partial charge in [-0.25, -0.2) is 0 Å². The maximum atomic E-state index is 13.0. The topological polar surface area (TPSA) is 113 Å². The standard InChI is InChI=1S/C22H40O7/c1-9-16-22(7,27)19(25)15(5)17(23)14(4)11-21(6,28-8)18(24)12(2)10-13(3)20(26)29-16/h12-16,18-19,24-25,27H,9-11H2,1-8H3/t12-,13+,14+,15-,16+,18?,19+,21+,22+/m0/s1. The average molecular weight is 417 g/mol. The Morgan fingerprint density at radius 3 is 2.10 bits per heavy atom. The fourth-order valence-electron chi connectivity index (χ4n) is 4.59. The second-order valence-electron chi connectivity index (χ2n) is 9.38. The van der Waals surface area contributed by atoms with Gasteiger partial charge in [0.1, 0.15) is 17.5 Å². The molecular weight excluding hydrogens is 376 g/mol. The predicted octanol–water partition coefficient (Wildman–Crippen LogP) is 2.09. The number of esters is 1. The quantitative estimate of drug-likeness (QED) is 0.591. The molecule has 1 heterocycles. The maximum absolute atomic E-state index is 13.0. The summed E-state index contributed by atoms with van der Waals surface area (Å²) in [6.45, 7) is 11.7. The highest BCUT2D eigenvalue weighted by molar-refractivity contribution is 5.83. The monoisotopic (exact) mass is 416 g/mol. The van der Waals surface area contributed by atoms with Crippen LogP contribution in [0.3, 0.4) is 0 Å². The van der Waals surface area contributed by atoms with Crippen molar-refractivity contribution in [1.29, 1.82) is 0 Å². The summed E-state index contributed by atoms with van der Waals surface area (Å²) in [6, 6.07) is 0. The molecule has 170 valence electrons. The highest BCUT2D eigenvalue weighted by Gasteiger charge is 2.47. The first-order chi connectivity index (χ1) is 13.2. The molecule has 7 nitrogen and oxygen atoms in total. The molecule has 1 rings (SSSR count). The summed E-state index contributed by atoms with van der Waals surface area (Å²) in [6.07, 6.45) is -2.36. The molecule has 29 heavy (non-hydrogen) atoms. The van der Waals surface area contributed by atoms with Gasteiger partial charge < -0.3 is 24.8 Å². The Kier molecular flexibility index (Phi) is 8.84. The van der Waals surface area contributed by atoms with Crippen molar-refractivity contribution >= 4 is 11.8 Å². The van der Waals surface area contributed by atoms with E-state index < -0.39 is 53.2 Å². The van der Waals surface area contributed by atoms with Crippen LogP contribution in [-0.4, -0.2) is 63.7 Å². The van der Waals surface area contributed by atoms with Gasteiger partial charge in [-0.05, 0) is 39.0 Å². The zero-order chi connectivity index (χ0) is 22.7. The van der Waals surface area contributed by atoms with Gasteiger partial charge in [-0.15, -0.1) is 0 Å². The molecule has 0 aliphatic carbocycles. The Morgan fingerprint density at radius 1 is 1.07 bits per heavy atom. The highest BCUT2D eigenvalue weighted by atomic mass is 16.6. The van der Waals surface area contributed by atoms with Crippen LogP contribution in [0.1, 0.15) is 67.7 Å². The van der Waals surface area contributed by atoms with Crippen LogP contribution < -0.4 is 0 Å². The summed E-state index contributed by atoms with van der Waals surface area (Å²) in [5.74, 6) is -2.94. The minimum atomic E-state index is -1.78. The molecule has 7 heteroatoms. The third kappa shape index (κ3) is 5.57. The number of carbonyl (C=O) groups is 2. The third-order valence-corrected chi connectivity index (χ3v) is 6.76. The Bertz CT molecular complexity index is 576. The van der Waals surface area contributed by atoms with Crippen LogP contribution in [0.5, 0.6) is 0 Å². The molecule has 1 unspecified atom stereocenters. The van der Waals surface area contributed by atoms with E-state index in [4.69, 9.17) is 9.47 Å². The number of ether oxygens (including phenoxy) is 2. The minimum absolute atomic E-state index is 0.243. The van der Waals surface area contributed by atoms with Gasteiger partial charge in [-0.3, -0.25) is 9.59 Å². The van der Waals surface area contributed by atoms with Crippen LogP contribution in [0.25, 0.3) is 0 Å². The van der Waals surface area contributed by atoms with Crippen molar-refractivity contribution in [2.45, 2.75) is 97.2 Å². The summed E-state index contributed by atoms with van der Waals surface area (Å²) >= 11 is 0. The lowest BCUT2D eigenvalue weighted by atomic mass is 9.74. The van der Waals surface area contributed by atoms with Crippen molar-refractivity contribution in [3.05, 3.63) is 0 Å². The van der Waals surface area contributed by atoms with Gasteiger partial charge in [0.05, 0.1) is 23.7 Å². The van der Waals surface area contributed by atoms with Crippen molar-refractivity contribution in [2.75, 3.05) is 7.11 Å². The molecule has 0 aromatic heterocycles. The number of hydrogen-bond acceptors (Lipinski definition) is 7. The average Bonchev–Trinajstić information content (AvgIpc) is 2.67. The fourth-order valence-corrected chi connectivity index (χ4v) is 4.59. The molecule has 0 aromatic rings. The van der Waals surface area contributed by atoms with Gasteiger partial charge in [0.25, 0.3) is 0 Å². The smallest absolute Gasteiger partial charge is 0.309 e. The molecule has 1 aliphatic rings. The number of cyclic esters (lactones) is 1. The zero-order valence-corrected chi connectivity index (χ0v) is 19.1. The lowest BCUT2D eigenvalue weighted by molar-refractivity contribution is -0.191. The van der Waals surface area contributed by atoms with E-state index in [2.05, 4.69) is 0 Å². The van der Waals surface area contributed by atoms with E-state index in [1.165, 1.54) is 14.0 Å². The SMILES string of the molecule is CC[C@H]1OC(=O)[C@H](C)C[C@H](C)C(O)[C@](C)(OC)C[C@@H](C)C(=O)[C@H](C)[C@@H](O)[C@]1(C)O. The lowest BCUT2D eigenvalue weighted by Crippen LogP contribution is -2.56. The minimum Gasteiger partial charge on any atom is -0.459 e. The van der Waals surface area contributed by atoms with E-state index >= 15 is 0 Å². The number of aliphatic hydroxyl groups is 3. The highest BCUT2D eigenvalue weighted by Crippen LogP contribution is 2.35. The van der Waals surface area contributed by atoms with Gasteiger partial charge in [-0.2, -0.15) is 0 Å². The van der Waals surface area contributed by atoms with E-state index in [0.717, 1.165) is 0 Å². The van der Waals surface area contributed by atoms with Crippen LogP contribution in [-0.2, 0) is 19.1 Å². The molecule has 0 amide bonds. The van der Waals surface area contributed by atoms with Gasteiger partial charge in [0.2, 0.25) is 0 Å². The first-order valence-electron chi connectivity index (χ1n) is 10.6. The van der Waals surface area contributed by atoms with Gasteiger partial charge in [-0.1, -0.05) is 34.6 Å². The van der Waals surface area contributed by atoms with Gasteiger partial charge in [0.15, 0.2) is 0 Å². The predicted molar refractivity (Wildman–Crippen MR) is 109 cm³/mol. The van der Waals surface area contributed by atoms with Gasteiger partial charge >= 0.3 is 5.97 Å². The molecular formula is C22H40O7. The van der Waals surface area contributed by atoms with Crippen LogP contribution in [0.15, 0.2) is 0 Å².